The summed E-state index contributed by atoms with van der Waals surface area (Å²) >= 11 is 0. The summed E-state index contributed by atoms with van der Waals surface area (Å²) in [6, 6.07) is 9.67. The van der Waals surface area contributed by atoms with E-state index >= 15 is 0 Å². The number of rotatable bonds is 4. The van der Waals surface area contributed by atoms with E-state index < -0.39 is 0 Å². The molecule has 2 rings (SSSR count). The predicted octanol–water partition coefficient (Wildman–Crippen LogP) is 2.97. The fourth-order valence-corrected chi connectivity index (χ4v) is 1.65. The molecule has 0 aromatic carbocycles. The fourth-order valence-electron chi connectivity index (χ4n) is 1.65. The molecule has 2 aromatic rings. The van der Waals surface area contributed by atoms with Crippen molar-refractivity contribution in [1.29, 1.82) is 0 Å². The second-order valence-electron chi connectivity index (χ2n) is 5.04. The van der Waals surface area contributed by atoms with Crippen LogP contribution in [0, 0.1) is 0 Å². The molecule has 2 aromatic heterocycles. The van der Waals surface area contributed by atoms with Gasteiger partial charge < -0.3 is 0 Å². The molecule has 6 nitrogen and oxygen atoms in total. The molecular weight excluding hydrogens is 364 g/mol. The summed E-state index contributed by atoms with van der Waals surface area (Å²) in [5.41, 5.74) is 1.34. The van der Waals surface area contributed by atoms with Crippen LogP contribution in [-0.4, -0.2) is 33.1 Å². The molecule has 25 heavy (non-hydrogen) atoms. The fraction of sp³-hybridized carbons (Fsp3) is 0.222. The Morgan fingerprint density at radius 3 is 0.920 bits per heavy atom. The van der Waals surface area contributed by atoms with E-state index in [0.717, 1.165) is 0 Å². The predicted molar refractivity (Wildman–Crippen MR) is 88.5 cm³/mol. The maximum absolute atomic E-state index is 10.8. The van der Waals surface area contributed by atoms with Crippen molar-refractivity contribution >= 4 is 23.1 Å². The van der Waals surface area contributed by atoms with Gasteiger partial charge >= 0.3 is 17.1 Å². The van der Waals surface area contributed by atoms with E-state index in [4.69, 9.17) is 0 Å². The number of hydrogen-bond donors (Lipinski definition) is 0. The number of carbonyl (C=O) groups is 4. The summed E-state index contributed by atoms with van der Waals surface area (Å²) in [4.78, 5) is 51.1. The van der Waals surface area contributed by atoms with Crippen LogP contribution >= 0.6 is 0 Å². The third-order valence-corrected chi connectivity index (χ3v) is 2.94. The standard InChI is InChI=1S/2C9H9NO2.Fe/c2*1-6(11)8-4-3-5-9(10-8)7(2)12;/h2*3-5H,1-2H3;/q;;+3. The van der Waals surface area contributed by atoms with Crippen LogP contribution in [0.3, 0.4) is 0 Å². The van der Waals surface area contributed by atoms with Gasteiger partial charge in [-0.05, 0) is 24.3 Å². The van der Waals surface area contributed by atoms with Crippen LogP contribution < -0.4 is 0 Å². The minimum absolute atomic E-state index is 0. The Morgan fingerprint density at radius 2 is 0.760 bits per heavy atom. The molecule has 0 aliphatic heterocycles. The summed E-state index contributed by atoms with van der Waals surface area (Å²) in [7, 11) is 0. The molecule has 0 atom stereocenters. The van der Waals surface area contributed by atoms with Crippen molar-refractivity contribution in [1.82, 2.24) is 9.97 Å². The van der Waals surface area contributed by atoms with Gasteiger partial charge in [0.15, 0.2) is 23.1 Å². The molecular formula is C18H18FeN2O4+3. The van der Waals surface area contributed by atoms with Gasteiger partial charge in [0.25, 0.3) is 0 Å². The molecule has 7 heteroatoms. The molecule has 0 N–H and O–H groups in total. The topological polar surface area (TPSA) is 94.1 Å². The van der Waals surface area contributed by atoms with Crippen LogP contribution in [0.25, 0.3) is 0 Å². The Hall–Kier alpha value is -2.50. The minimum Gasteiger partial charge on any atom is -0.293 e. The average Bonchev–Trinajstić information content (AvgIpc) is 2.55. The molecule has 0 saturated carbocycles. The van der Waals surface area contributed by atoms with Gasteiger partial charge in [-0.1, -0.05) is 12.1 Å². The zero-order chi connectivity index (χ0) is 18.3. The first-order valence-electron chi connectivity index (χ1n) is 7.20. The summed E-state index contributed by atoms with van der Waals surface area (Å²) < 4.78 is 0. The molecule has 0 unspecified atom stereocenters. The van der Waals surface area contributed by atoms with Gasteiger partial charge in [0, 0.05) is 27.7 Å². The summed E-state index contributed by atoms with van der Waals surface area (Å²) in [6.45, 7) is 5.69. The third kappa shape index (κ3) is 7.28. The van der Waals surface area contributed by atoms with Crippen molar-refractivity contribution < 1.29 is 36.2 Å². The number of carbonyl (C=O) groups excluding carboxylic acids is 4. The quantitative estimate of drug-likeness (QED) is 0.596. The molecule has 0 aliphatic carbocycles. The molecule has 2 heterocycles. The Kier molecular flexibility index (Phi) is 9.34. The van der Waals surface area contributed by atoms with Crippen LogP contribution in [-0.2, 0) is 17.1 Å². The Balaban J connectivity index is 0.000000443. The van der Waals surface area contributed by atoms with E-state index in [2.05, 4.69) is 9.97 Å². The largest absolute Gasteiger partial charge is 3.00 e. The maximum atomic E-state index is 10.8. The number of pyridine rings is 2. The molecule has 0 spiro atoms. The zero-order valence-corrected chi connectivity index (χ0v) is 15.4. The normalized spacial score (nSPS) is 9.12. The SMILES string of the molecule is CC(=O)c1cccc(C(C)=O)n1.CC(=O)c1cccc(C(C)=O)n1.[Fe+3]. The van der Waals surface area contributed by atoms with E-state index in [9.17, 15) is 19.2 Å². The average molecular weight is 382 g/mol. The number of hydrogen-bond acceptors (Lipinski definition) is 6. The van der Waals surface area contributed by atoms with E-state index in [1.165, 1.54) is 27.7 Å². The number of aromatic nitrogens is 2. The number of nitrogens with zero attached hydrogens (tertiary/aromatic N) is 2. The molecule has 129 valence electrons. The smallest absolute Gasteiger partial charge is 0.293 e. The molecule has 0 saturated heterocycles. The van der Waals surface area contributed by atoms with E-state index in [0.29, 0.717) is 22.8 Å². The molecule has 0 fully saturated rings. The van der Waals surface area contributed by atoms with Crippen molar-refractivity contribution in [3.8, 4) is 0 Å². The zero-order valence-electron chi connectivity index (χ0n) is 14.3. The van der Waals surface area contributed by atoms with Crippen molar-refractivity contribution in [3.05, 3.63) is 59.2 Å². The van der Waals surface area contributed by atoms with Gasteiger partial charge in [-0.3, -0.25) is 19.2 Å². The van der Waals surface area contributed by atoms with Crippen LogP contribution in [0.15, 0.2) is 36.4 Å². The second-order valence-corrected chi connectivity index (χ2v) is 5.04. The molecule has 0 amide bonds. The Labute approximate surface area is 156 Å². The van der Waals surface area contributed by atoms with Crippen molar-refractivity contribution in [2.24, 2.45) is 0 Å². The van der Waals surface area contributed by atoms with Crippen molar-refractivity contribution in [2.75, 3.05) is 0 Å². The first kappa shape index (κ1) is 22.5. The van der Waals surface area contributed by atoms with Gasteiger partial charge in [0.2, 0.25) is 0 Å². The van der Waals surface area contributed by atoms with Crippen LogP contribution in [0.5, 0.6) is 0 Å². The number of ketones is 4. The van der Waals surface area contributed by atoms with E-state index in [-0.39, 0.29) is 40.2 Å². The third-order valence-electron chi connectivity index (χ3n) is 2.94. The van der Waals surface area contributed by atoms with Gasteiger partial charge in [-0.2, -0.15) is 0 Å². The van der Waals surface area contributed by atoms with E-state index in [1.54, 1.807) is 36.4 Å². The summed E-state index contributed by atoms with van der Waals surface area (Å²) in [6.07, 6.45) is 0. The summed E-state index contributed by atoms with van der Waals surface area (Å²) in [5.74, 6) is -0.507. The maximum Gasteiger partial charge on any atom is 3.00 e. The number of Topliss-reactive ketones (excluding diaryl/α,β-unsaturated/α-hetero) is 4. The second kappa shape index (κ2) is 10.4. The van der Waals surface area contributed by atoms with Gasteiger partial charge in [-0.15, -0.1) is 0 Å². The van der Waals surface area contributed by atoms with Crippen LogP contribution in [0.1, 0.15) is 69.6 Å². The van der Waals surface area contributed by atoms with Gasteiger partial charge in [0.05, 0.1) is 0 Å². The first-order chi connectivity index (χ1) is 11.2. The van der Waals surface area contributed by atoms with Crippen molar-refractivity contribution in [2.45, 2.75) is 27.7 Å². The van der Waals surface area contributed by atoms with Crippen LogP contribution in [0.2, 0.25) is 0 Å². The molecule has 0 bridgehead atoms. The van der Waals surface area contributed by atoms with Gasteiger partial charge in [-0.25, -0.2) is 9.97 Å². The Morgan fingerprint density at radius 1 is 0.560 bits per heavy atom. The van der Waals surface area contributed by atoms with Gasteiger partial charge in [0.1, 0.15) is 22.8 Å². The summed E-state index contributed by atoms with van der Waals surface area (Å²) in [5, 5.41) is 0. The van der Waals surface area contributed by atoms with Crippen molar-refractivity contribution in [3.63, 3.8) is 0 Å². The van der Waals surface area contributed by atoms with Crippen LogP contribution in [0.4, 0.5) is 0 Å². The minimum atomic E-state index is -0.127. The monoisotopic (exact) mass is 382 g/mol. The van der Waals surface area contributed by atoms with E-state index in [1.807, 2.05) is 0 Å². The first-order valence-corrected chi connectivity index (χ1v) is 7.20. The molecule has 1 radical (unpaired) electrons. The molecule has 0 aliphatic rings. The Bertz CT molecular complexity index is 677.